The molecule has 0 radical (unpaired) electrons. The number of urea groups is 1. The molecule has 1 aliphatic heterocycles. The van der Waals surface area contributed by atoms with Gasteiger partial charge in [0, 0.05) is 19.6 Å². The fourth-order valence-electron chi connectivity index (χ4n) is 2.99. The van der Waals surface area contributed by atoms with Gasteiger partial charge in [0.1, 0.15) is 18.5 Å². The molecule has 8 nitrogen and oxygen atoms in total. The van der Waals surface area contributed by atoms with Gasteiger partial charge < -0.3 is 14.8 Å². The molecule has 0 spiro atoms. The number of carbonyl (C=O) groups is 1. The molecule has 2 aromatic heterocycles. The van der Waals surface area contributed by atoms with E-state index in [-0.39, 0.29) is 6.03 Å². The number of aromatic nitrogens is 5. The van der Waals surface area contributed by atoms with E-state index in [0.717, 1.165) is 23.6 Å². The Labute approximate surface area is 145 Å². The highest BCUT2D eigenvalue weighted by Gasteiger charge is 2.23. The minimum absolute atomic E-state index is 0.0593. The second-order valence-corrected chi connectivity index (χ2v) is 5.98. The summed E-state index contributed by atoms with van der Waals surface area (Å²) < 4.78 is 3.92. The van der Waals surface area contributed by atoms with Crippen LogP contribution in [-0.2, 0) is 26.2 Å². The predicted octanol–water partition coefficient (Wildman–Crippen LogP) is 1.25. The van der Waals surface area contributed by atoms with E-state index in [9.17, 15) is 4.79 Å². The number of carbonyl (C=O) groups excluding carboxylic acids is 1. The van der Waals surface area contributed by atoms with Gasteiger partial charge in [0.25, 0.3) is 0 Å². The van der Waals surface area contributed by atoms with Gasteiger partial charge in [-0.1, -0.05) is 30.3 Å². The van der Waals surface area contributed by atoms with Crippen molar-refractivity contribution in [1.82, 2.24) is 34.5 Å². The zero-order chi connectivity index (χ0) is 17.1. The molecule has 3 aromatic rings. The Morgan fingerprint density at radius 2 is 2.08 bits per heavy atom. The molecule has 0 atom stereocenters. The van der Waals surface area contributed by atoms with E-state index in [0.29, 0.717) is 26.2 Å². The van der Waals surface area contributed by atoms with Crippen LogP contribution < -0.4 is 5.32 Å². The van der Waals surface area contributed by atoms with Crippen molar-refractivity contribution >= 4 is 6.03 Å². The summed E-state index contributed by atoms with van der Waals surface area (Å²) in [5.41, 5.74) is 2.16. The Bertz CT molecular complexity index is 841. The van der Waals surface area contributed by atoms with Crippen molar-refractivity contribution in [2.75, 3.05) is 6.54 Å². The summed E-state index contributed by atoms with van der Waals surface area (Å²) >= 11 is 0. The van der Waals surface area contributed by atoms with Crippen LogP contribution in [0.4, 0.5) is 4.79 Å². The van der Waals surface area contributed by atoms with Crippen LogP contribution in [0.5, 0.6) is 0 Å². The van der Waals surface area contributed by atoms with Crippen molar-refractivity contribution in [1.29, 1.82) is 0 Å². The van der Waals surface area contributed by atoms with Gasteiger partial charge in [-0.2, -0.15) is 5.10 Å². The fraction of sp³-hybridized carbons (Fsp3) is 0.294. The van der Waals surface area contributed by atoms with E-state index in [4.69, 9.17) is 0 Å². The highest BCUT2D eigenvalue weighted by molar-refractivity contribution is 5.74. The lowest BCUT2D eigenvalue weighted by molar-refractivity contribution is 0.181. The van der Waals surface area contributed by atoms with Crippen LogP contribution in [0.25, 0.3) is 0 Å². The van der Waals surface area contributed by atoms with Gasteiger partial charge in [0.05, 0.1) is 25.0 Å². The molecule has 1 aromatic carbocycles. The Morgan fingerprint density at radius 3 is 2.88 bits per heavy atom. The monoisotopic (exact) mass is 337 g/mol. The molecule has 4 rings (SSSR count). The van der Waals surface area contributed by atoms with E-state index in [1.54, 1.807) is 15.9 Å². The third-order valence-corrected chi connectivity index (χ3v) is 4.31. The van der Waals surface area contributed by atoms with Crippen molar-refractivity contribution in [3.8, 4) is 0 Å². The number of hydrogen-bond donors (Lipinski definition) is 1. The number of nitrogens with zero attached hydrogens (tertiary/aromatic N) is 6. The van der Waals surface area contributed by atoms with E-state index in [2.05, 4.69) is 25.0 Å². The minimum atomic E-state index is -0.0593. The first-order chi connectivity index (χ1) is 12.3. The first kappa shape index (κ1) is 15.4. The second kappa shape index (κ2) is 6.76. The standard InChI is InChI=1S/C17H19N7O/c25-17(20-8-14-4-2-1-3-5-14)22-6-7-24-15(9-19-16(24)11-22)10-23-13-18-12-21-23/h1-5,9,12-13H,6-8,10-11H2,(H,20,25). The molecule has 0 saturated carbocycles. The molecular formula is C17H19N7O. The van der Waals surface area contributed by atoms with Crippen molar-refractivity contribution in [3.63, 3.8) is 0 Å². The van der Waals surface area contributed by atoms with E-state index >= 15 is 0 Å². The van der Waals surface area contributed by atoms with Crippen LogP contribution in [0.2, 0.25) is 0 Å². The third kappa shape index (κ3) is 3.37. The minimum Gasteiger partial charge on any atom is -0.334 e. The molecule has 2 amide bonds. The lowest BCUT2D eigenvalue weighted by Crippen LogP contribution is -2.44. The first-order valence-electron chi connectivity index (χ1n) is 8.22. The number of hydrogen-bond acceptors (Lipinski definition) is 4. The lowest BCUT2D eigenvalue weighted by atomic mass is 10.2. The number of nitrogens with one attached hydrogen (secondary N) is 1. The summed E-state index contributed by atoms with van der Waals surface area (Å²) in [6.45, 7) is 3.07. The molecule has 8 heteroatoms. The van der Waals surface area contributed by atoms with Gasteiger partial charge >= 0.3 is 6.03 Å². The highest BCUT2D eigenvalue weighted by atomic mass is 16.2. The van der Waals surface area contributed by atoms with Crippen molar-refractivity contribution in [2.24, 2.45) is 0 Å². The molecule has 3 heterocycles. The summed E-state index contributed by atoms with van der Waals surface area (Å²) in [6.07, 6.45) is 5.06. The Morgan fingerprint density at radius 1 is 1.20 bits per heavy atom. The molecule has 1 aliphatic rings. The topological polar surface area (TPSA) is 80.9 Å². The lowest BCUT2D eigenvalue weighted by Gasteiger charge is -2.28. The van der Waals surface area contributed by atoms with Crippen molar-refractivity contribution < 1.29 is 4.79 Å². The smallest absolute Gasteiger partial charge is 0.318 e. The third-order valence-electron chi connectivity index (χ3n) is 4.31. The normalized spacial score (nSPS) is 13.5. The molecule has 25 heavy (non-hydrogen) atoms. The van der Waals surface area contributed by atoms with Gasteiger partial charge in [-0.25, -0.2) is 19.4 Å². The number of amides is 2. The van der Waals surface area contributed by atoms with Gasteiger partial charge in [-0.05, 0) is 5.56 Å². The average Bonchev–Trinajstić information content (AvgIpc) is 3.31. The molecule has 0 unspecified atom stereocenters. The first-order valence-corrected chi connectivity index (χ1v) is 8.22. The van der Waals surface area contributed by atoms with Crippen LogP contribution in [0, 0.1) is 0 Å². The Balaban J connectivity index is 1.38. The van der Waals surface area contributed by atoms with Crippen LogP contribution in [-0.4, -0.2) is 41.8 Å². The van der Waals surface area contributed by atoms with Gasteiger partial charge in [-0.15, -0.1) is 0 Å². The highest BCUT2D eigenvalue weighted by Crippen LogP contribution is 2.15. The van der Waals surface area contributed by atoms with Gasteiger partial charge in [0.15, 0.2) is 0 Å². The van der Waals surface area contributed by atoms with Crippen LogP contribution in [0.1, 0.15) is 17.1 Å². The summed E-state index contributed by atoms with van der Waals surface area (Å²) in [7, 11) is 0. The second-order valence-electron chi connectivity index (χ2n) is 5.98. The maximum Gasteiger partial charge on any atom is 0.318 e. The Hall–Kier alpha value is -3.16. The van der Waals surface area contributed by atoms with Crippen LogP contribution in [0.3, 0.4) is 0 Å². The molecule has 0 bridgehead atoms. The molecule has 0 aliphatic carbocycles. The summed E-state index contributed by atoms with van der Waals surface area (Å²) in [4.78, 5) is 22.6. The predicted molar refractivity (Wildman–Crippen MR) is 90.4 cm³/mol. The van der Waals surface area contributed by atoms with Crippen molar-refractivity contribution in [2.45, 2.75) is 26.2 Å². The number of imidazole rings is 1. The van der Waals surface area contributed by atoms with Crippen molar-refractivity contribution in [3.05, 3.63) is 66.3 Å². The zero-order valence-electron chi connectivity index (χ0n) is 13.7. The van der Waals surface area contributed by atoms with E-state index in [1.165, 1.54) is 6.33 Å². The maximum atomic E-state index is 12.4. The van der Waals surface area contributed by atoms with E-state index in [1.807, 2.05) is 36.5 Å². The SMILES string of the molecule is O=C(NCc1ccccc1)N1CCn2c(Cn3cncn3)cnc2C1. The maximum absolute atomic E-state index is 12.4. The molecule has 0 saturated heterocycles. The fourth-order valence-corrected chi connectivity index (χ4v) is 2.99. The van der Waals surface area contributed by atoms with Gasteiger partial charge in [-0.3, -0.25) is 0 Å². The molecule has 0 fully saturated rings. The average molecular weight is 337 g/mol. The van der Waals surface area contributed by atoms with E-state index < -0.39 is 0 Å². The largest absolute Gasteiger partial charge is 0.334 e. The Kier molecular flexibility index (Phi) is 4.16. The van der Waals surface area contributed by atoms with Gasteiger partial charge in [0.2, 0.25) is 0 Å². The summed E-state index contributed by atoms with van der Waals surface area (Å²) in [5.74, 6) is 0.899. The number of rotatable bonds is 4. The summed E-state index contributed by atoms with van der Waals surface area (Å²) in [5, 5.41) is 7.10. The number of fused-ring (bicyclic) bond motifs is 1. The summed E-state index contributed by atoms with van der Waals surface area (Å²) in [6, 6.07) is 9.84. The quantitative estimate of drug-likeness (QED) is 0.777. The molecule has 128 valence electrons. The molecule has 1 N–H and O–H groups in total. The zero-order valence-corrected chi connectivity index (χ0v) is 13.7. The number of benzene rings is 1. The van der Waals surface area contributed by atoms with Crippen LogP contribution >= 0.6 is 0 Å². The van der Waals surface area contributed by atoms with Crippen LogP contribution in [0.15, 0.2) is 49.2 Å². The molecular weight excluding hydrogens is 318 g/mol.